The van der Waals surface area contributed by atoms with Crippen molar-refractivity contribution in [2.24, 2.45) is 0 Å². The Kier molecular flexibility index (Phi) is 6.30. The SMILES string of the molecule is CCO[C@@H](CO)CSc1ccccc1OC. The summed E-state index contributed by atoms with van der Waals surface area (Å²) in [5, 5.41) is 9.09. The molecule has 16 heavy (non-hydrogen) atoms. The van der Waals surface area contributed by atoms with Crippen molar-refractivity contribution in [2.45, 2.75) is 17.9 Å². The summed E-state index contributed by atoms with van der Waals surface area (Å²) in [6.07, 6.45) is -0.111. The van der Waals surface area contributed by atoms with Crippen LogP contribution in [0.25, 0.3) is 0 Å². The Morgan fingerprint density at radius 3 is 2.75 bits per heavy atom. The van der Waals surface area contributed by atoms with Gasteiger partial charge in [0.15, 0.2) is 0 Å². The zero-order chi connectivity index (χ0) is 11.8. The first-order valence-corrected chi connectivity index (χ1v) is 6.28. The van der Waals surface area contributed by atoms with E-state index in [1.165, 1.54) is 0 Å². The molecular weight excluding hydrogens is 224 g/mol. The summed E-state index contributed by atoms with van der Waals surface area (Å²) < 4.78 is 10.6. The van der Waals surface area contributed by atoms with Crippen molar-refractivity contribution in [1.82, 2.24) is 0 Å². The number of aliphatic hydroxyl groups excluding tert-OH is 1. The van der Waals surface area contributed by atoms with Crippen LogP contribution in [0.1, 0.15) is 6.92 Å². The molecule has 0 amide bonds. The Hall–Kier alpha value is -0.710. The molecule has 0 aliphatic rings. The quantitative estimate of drug-likeness (QED) is 0.744. The maximum Gasteiger partial charge on any atom is 0.132 e. The fraction of sp³-hybridized carbons (Fsp3) is 0.500. The summed E-state index contributed by atoms with van der Waals surface area (Å²) in [5.41, 5.74) is 0. The minimum absolute atomic E-state index is 0.0516. The molecule has 3 nitrogen and oxygen atoms in total. The number of aliphatic hydroxyl groups is 1. The predicted octanol–water partition coefficient (Wildman–Crippen LogP) is 2.18. The van der Waals surface area contributed by atoms with E-state index in [9.17, 15) is 0 Å². The van der Waals surface area contributed by atoms with Crippen molar-refractivity contribution in [2.75, 3.05) is 26.1 Å². The van der Waals surface area contributed by atoms with E-state index in [0.29, 0.717) is 6.61 Å². The lowest BCUT2D eigenvalue weighted by molar-refractivity contribution is 0.0356. The van der Waals surface area contributed by atoms with E-state index in [1.807, 2.05) is 31.2 Å². The minimum atomic E-state index is -0.111. The molecule has 0 bridgehead atoms. The van der Waals surface area contributed by atoms with Crippen molar-refractivity contribution in [1.29, 1.82) is 0 Å². The maximum atomic E-state index is 9.09. The van der Waals surface area contributed by atoms with Gasteiger partial charge in [-0.05, 0) is 19.1 Å². The molecule has 0 spiro atoms. The summed E-state index contributed by atoms with van der Waals surface area (Å²) in [6.45, 7) is 2.60. The summed E-state index contributed by atoms with van der Waals surface area (Å²) in [6, 6.07) is 7.84. The molecule has 90 valence electrons. The summed E-state index contributed by atoms with van der Waals surface area (Å²) in [5.74, 6) is 1.59. The molecule has 1 rings (SSSR count). The summed E-state index contributed by atoms with van der Waals surface area (Å²) >= 11 is 1.63. The molecule has 1 N–H and O–H groups in total. The number of hydrogen-bond donors (Lipinski definition) is 1. The van der Waals surface area contributed by atoms with E-state index >= 15 is 0 Å². The number of rotatable bonds is 7. The highest BCUT2D eigenvalue weighted by molar-refractivity contribution is 7.99. The Morgan fingerprint density at radius 1 is 1.38 bits per heavy atom. The summed E-state index contributed by atoms with van der Waals surface area (Å²) in [4.78, 5) is 1.07. The van der Waals surface area contributed by atoms with Crippen molar-refractivity contribution < 1.29 is 14.6 Å². The summed E-state index contributed by atoms with van der Waals surface area (Å²) in [7, 11) is 1.66. The first-order chi connectivity index (χ1) is 7.81. The van der Waals surface area contributed by atoms with Gasteiger partial charge >= 0.3 is 0 Å². The van der Waals surface area contributed by atoms with E-state index in [4.69, 9.17) is 14.6 Å². The molecule has 1 aromatic rings. The average Bonchev–Trinajstić information content (AvgIpc) is 2.34. The Labute approximate surface area is 101 Å². The van der Waals surface area contributed by atoms with E-state index in [-0.39, 0.29) is 12.7 Å². The van der Waals surface area contributed by atoms with E-state index in [0.717, 1.165) is 16.4 Å². The lowest BCUT2D eigenvalue weighted by atomic mass is 10.3. The zero-order valence-electron chi connectivity index (χ0n) is 9.68. The Bertz CT molecular complexity index is 304. The van der Waals surface area contributed by atoms with E-state index < -0.39 is 0 Å². The van der Waals surface area contributed by atoms with Gasteiger partial charge in [-0.3, -0.25) is 0 Å². The largest absolute Gasteiger partial charge is 0.496 e. The van der Waals surface area contributed by atoms with E-state index in [1.54, 1.807) is 18.9 Å². The third-order valence-electron chi connectivity index (χ3n) is 2.10. The number of benzene rings is 1. The van der Waals surface area contributed by atoms with Crippen molar-refractivity contribution >= 4 is 11.8 Å². The highest BCUT2D eigenvalue weighted by Crippen LogP contribution is 2.29. The van der Waals surface area contributed by atoms with Crippen molar-refractivity contribution in [3.63, 3.8) is 0 Å². The highest BCUT2D eigenvalue weighted by atomic mass is 32.2. The Balaban J connectivity index is 2.52. The van der Waals surface area contributed by atoms with Gasteiger partial charge in [-0.25, -0.2) is 0 Å². The first-order valence-electron chi connectivity index (χ1n) is 5.30. The normalized spacial score (nSPS) is 12.4. The third-order valence-corrected chi connectivity index (χ3v) is 3.29. The molecule has 0 fully saturated rings. The number of thioether (sulfide) groups is 1. The lowest BCUT2D eigenvalue weighted by Crippen LogP contribution is -2.20. The van der Waals surface area contributed by atoms with Crippen LogP contribution in [-0.4, -0.2) is 37.3 Å². The fourth-order valence-corrected chi connectivity index (χ4v) is 2.35. The van der Waals surface area contributed by atoms with Gasteiger partial charge in [-0.2, -0.15) is 0 Å². The molecule has 0 aliphatic carbocycles. The fourth-order valence-electron chi connectivity index (χ4n) is 1.31. The van der Waals surface area contributed by atoms with Gasteiger partial charge in [0.1, 0.15) is 5.75 Å². The predicted molar refractivity (Wildman–Crippen MR) is 66.2 cm³/mol. The molecule has 0 heterocycles. The molecule has 1 aromatic carbocycles. The van der Waals surface area contributed by atoms with Gasteiger partial charge in [0.2, 0.25) is 0 Å². The van der Waals surface area contributed by atoms with Gasteiger partial charge in [-0.1, -0.05) is 12.1 Å². The van der Waals surface area contributed by atoms with Crippen molar-refractivity contribution in [3.05, 3.63) is 24.3 Å². The highest BCUT2D eigenvalue weighted by Gasteiger charge is 2.09. The molecule has 0 radical (unpaired) electrons. The average molecular weight is 242 g/mol. The second-order valence-electron chi connectivity index (χ2n) is 3.22. The molecular formula is C12H18O3S. The molecule has 0 saturated heterocycles. The van der Waals surface area contributed by atoms with Crippen LogP contribution in [0.5, 0.6) is 5.75 Å². The smallest absolute Gasteiger partial charge is 0.132 e. The minimum Gasteiger partial charge on any atom is -0.496 e. The number of para-hydroxylation sites is 1. The zero-order valence-corrected chi connectivity index (χ0v) is 10.5. The van der Waals surface area contributed by atoms with Crippen LogP contribution < -0.4 is 4.74 Å². The molecule has 0 unspecified atom stereocenters. The van der Waals surface area contributed by atoms with Crippen LogP contribution in [0.15, 0.2) is 29.2 Å². The van der Waals surface area contributed by atoms with Gasteiger partial charge in [0.25, 0.3) is 0 Å². The second-order valence-corrected chi connectivity index (χ2v) is 4.28. The van der Waals surface area contributed by atoms with Crippen LogP contribution in [0.3, 0.4) is 0 Å². The van der Waals surface area contributed by atoms with Gasteiger partial charge in [-0.15, -0.1) is 11.8 Å². The van der Waals surface area contributed by atoms with Crippen LogP contribution in [-0.2, 0) is 4.74 Å². The molecule has 0 aliphatic heterocycles. The standard InChI is InChI=1S/C12H18O3S/c1-3-15-10(8-13)9-16-12-7-5-4-6-11(12)14-2/h4-7,10,13H,3,8-9H2,1-2H3/t10-/m0/s1. The molecule has 0 saturated carbocycles. The van der Waals surface area contributed by atoms with Crippen LogP contribution in [0, 0.1) is 0 Å². The van der Waals surface area contributed by atoms with Crippen LogP contribution in [0.2, 0.25) is 0 Å². The molecule has 4 heteroatoms. The van der Waals surface area contributed by atoms with Gasteiger partial charge < -0.3 is 14.6 Å². The van der Waals surface area contributed by atoms with Crippen molar-refractivity contribution in [3.8, 4) is 5.75 Å². The van der Waals surface area contributed by atoms with Crippen LogP contribution >= 0.6 is 11.8 Å². The maximum absolute atomic E-state index is 9.09. The lowest BCUT2D eigenvalue weighted by Gasteiger charge is -2.14. The Morgan fingerprint density at radius 2 is 2.12 bits per heavy atom. The third kappa shape index (κ3) is 4.04. The number of ether oxygens (including phenoxy) is 2. The number of methoxy groups -OCH3 is 1. The second kappa shape index (κ2) is 7.54. The molecule has 1 atom stereocenters. The monoisotopic (exact) mass is 242 g/mol. The van der Waals surface area contributed by atoms with Gasteiger partial charge in [0.05, 0.1) is 19.8 Å². The van der Waals surface area contributed by atoms with Crippen LogP contribution in [0.4, 0.5) is 0 Å². The van der Waals surface area contributed by atoms with Gasteiger partial charge in [0, 0.05) is 17.3 Å². The van der Waals surface area contributed by atoms with E-state index in [2.05, 4.69) is 0 Å². The molecule has 0 aromatic heterocycles. The topological polar surface area (TPSA) is 38.7 Å². The number of hydrogen-bond acceptors (Lipinski definition) is 4. The first kappa shape index (κ1) is 13.4.